The number of esters is 1. The standard InChI is InChI=1S/C27H27N3O3S2/c1-15-9-5-7-11-20(15)28-27-29-24(31)22(35-27)14-18-13-16(2)30(17(18)3)25-23(26(32)33-4)19-10-6-8-12-21(19)34-25/h5,7,9,11,13-14H,6,8,10,12H2,1-4H3,(H,28,29,31)/b22-14-. The molecular weight excluding hydrogens is 478 g/mol. The van der Waals surface area contributed by atoms with Crippen molar-refractivity contribution in [1.82, 2.24) is 9.88 Å². The molecule has 3 heterocycles. The van der Waals surface area contributed by atoms with Gasteiger partial charge in [-0.15, -0.1) is 11.3 Å². The summed E-state index contributed by atoms with van der Waals surface area (Å²) in [5.41, 5.74) is 6.65. The summed E-state index contributed by atoms with van der Waals surface area (Å²) in [6.45, 7) is 6.05. The molecule has 3 aromatic rings. The summed E-state index contributed by atoms with van der Waals surface area (Å²) in [6, 6.07) is 9.90. The van der Waals surface area contributed by atoms with Crippen molar-refractivity contribution in [1.29, 1.82) is 0 Å². The number of amides is 1. The highest BCUT2D eigenvalue weighted by molar-refractivity contribution is 8.18. The zero-order chi connectivity index (χ0) is 24.7. The molecule has 0 radical (unpaired) electrons. The zero-order valence-corrected chi connectivity index (χ0v) is 21.9. The van der Waals surface area contributed by atoms with E-state index in [9.17, 15) is 9.59 Å². The molecular formula is C27H27N3O3S2. The maximum Gasteiger partial charge on any atom is 0.341 e. The Morgan fingerprint density at radius 3 is 2.71 bits per heavy atom. The first-order valence-electron chi connectivity index (χ1n) is 11.6. The van der Waals surface area contributed by atoms with E-state index >= 15 is 0 Å². The van der Waals surface area contributed by atoms with Crippen LogP contribution in [0.4, 0.5) is 5.69 Å². The molecule has 180 valence electrons. The Morgan fingerprint density at radius 2 is 1.94 bits per heavy atom. The summed E-state index contributed by atoms with van der Waals surface area (Å²) in [5.74, 6) is -0.441. The third kappa shape index (κ3) is 4.36. The van der Waals surface area contributed by atoms with Crippen LogP contribution in [0.1, 0.15) is 56.2 Å². The molecule has 1 aliphatic carbocycles. The van der Waals surface area contributed by atoms with Crippen LogP contribution in [-0.4, -0.2) is 28.7 Å². The van der Waals surface area contributed by atoms with Gasteiger partial charge in [0.15, 0.2) is 5.17 Å². The molecule has 1 saturated heterocycles. The van der Waals surface area contributed by atoms with Crippen molar-refractivity contribution in [3.05, 3.63) is 73.8 Å². The molecule has 8 heteroatoms. The number of hydrogen-bond donors (Lipinski definition) is 1. The minimum absolute atomic E-state index is 0.158. The summed E-state index contributed by atoms with van der Waals surface area (Å²) >= 11 is 3.02. The number of carbonyl (C=O) groups excluding carboxylic acids is 2. The summed E-state index contributed by atoms with van der Waals surface area (Å²) in [4.78, 5) is 32.0. The van der Waals surface area contributed by atoms with E-state index in [1.807, 2.05) is 51.1 Å². The summed E-state index contributed by atoms with van der Waals surface area (Å²) in [7, 11) is 1.44. The number of methoxy groups -OCH3 is 1. The van der Waals surface area contributed by atoms with E-state index in [0.717, 1.165) is 64.4 Å². The van der Waals surface area contributed by atoms with Crippen LogP contribution in [0.2, 0.25) is 0 Å². The predicted octanol–water partition coefficient (Wildman–Crippen LogP) is 6.02. The van der Waals surface area contributed by atoms with Crippen molar-refractivity contribution < 1.29 is 14.3 Å². The van der Waals surface area contributed by atoms with Crippen molar-refractivity contribution in [2.75, 3.05) is 7.11 Å². The van der Waals surface area contributed by atoms with Crippen LogP contribution < -0.4 is 5.32 Å². The number of hydrogen-bond acceptors (Lipinski definition) is 6. The lowest BCUT2D eigenvalue weighted by atomic mass is 9.95. The molecule has 1 fully saturated rings. The average molecular weight is 506 g/mol. The molecule has 0 spiro atoms. The SMILES string of the molecule is COC(=O)c1c(-n2c(C)cc(/C=C3\SC(=Nc4ccccc4C)NC3=O)c2C)sc2c1CCCC2. The minimum atomic E-state index is -0.283. The van der Waals surface area contributed by atoms with E-state index in [1.165, 1.54) is 23.7 Å². The second kappa shape index (κ2) is 9.51. The molecule has 1 aromatic carbocycles. The average Bonchev–Trinajstić information content (AvgIpc) is 3.47. The first-order chi connectivity index (χ1) is 16.9. The molecule has 0 unspecified atom stereocenters. The van der Waals surface area contributed by atoms with E-state index in [0.29, 0.717) is 15.6 Å². The zero-order valence-electron chi connectivity index (χ0n) is 20.2. The minimum Gasteiger partial charge on any atom is -0.465 e. The van der Waals surface area contributed by atoms with Gasteiger partial charge < -0.3 is 14.6 Å². The first-order valence-corrected chi connectivity index (χ1v) is 13.3. The lowest BCUT2D eigenvalue weighted by Gasteiger charge is -2.12. The van der Waals surface area contributed by atoms with E-state index in [1.54, 1.807) is 11.3 Å². The van der Waals surface area contributed by atoms with Gasteiger partial charge in [0.2, 0.25) is 0 Å². The summed E-state index contributed by atoms with van der Waals surface area (Å²) < 4.78 is 7.30. The Bertz CT molecular complexity index is 1410. The van der Waals surface area contributed by atoms with Crippen LogP contribution in [0, 0.1) is 20.8 Å². The Balaban J connectivity index is 1.52. The van der Waals surface area contributed by atoms with Crippen molar-refractivity contribution >= 4 is 51.9 Å². The number of aromatic nitrogens is 1. The summed E-state index contributed by atoms with van der Waals surface area (Å²) in [5, 5.41) is 4.36. The quantitative estimate of drug-likeness (QED) is 0.348. The molecule has 6 nitrogen and oxygen atoms in total. The lowest BCUT2D eigenvalue weighted by Crippen LogP contribution is -2.19. The second-order valence-electron chi connectivity index (χ2n) is 8.81. The maximum atomic E-state index is 12.8. The normalized spacial score (nSPS) is 17.7. The van der Waals surface area contributed by atoms with Crippen molar-refractivity contribution in [3.63, 3.8) is 0 Å². The number of carbonyl (C=O) groups is 2. The number of amidine groups is 1. The number of rotatable bonds is 4. The highest BCUT2D eigenvalue weighted by Gasteiger charge is 2.29. The number of aryl methyl sites for hydroxylation is 3. The number of nitrogens with one attached hydrogen (secondary N) is 1. The molecule has 1 amide bonds. The smallest absolute Gasteiger partial charge is 0.341 e. The number of ether oxygens (including phenoxy) is 1. The molecule has 1 N–H and O–H groups in total. The van der Waals surface area contributed by atoms with Gasteiger partial charge in [-0.2, -0.15) is 0 Å². The highest BCUT2D eigenvalue weighted by atomic mass is 32.2. The number of thioether (sulfide) groups is 1. The van der Waals surface area contributed by atoms with Crippen molar-refractivity contribution in [2.24, 2.45) is 4.99 Å². The molecule has 1 aliphatic heterocycles. The number of benzene rings is 1. The fraction of sp³-hybridized carbons (Fsp3) is 0.296. The Labute approximate surface area is 213 Å². The van der Waals surface area contributed by atoms with Crippen molar-refractivity contribution in [3.8, 4) is 5.00 Å². The van der Waals surface area contributed by atoms with Gasteiger partial charge in [0, 0.05) is 16.3 Å². The van der Waals surface area contributed by atoms with Crippen LogP contribution in [0.25, 0.3) is 11.1 Å². The molecule has 2 aromatic heterocycles. The Kier molecular flexibility index (Phi) is 6.42. The Morgan fingerprint density at radius 1 is 1.17 bits per heavy atom. The van der Waals surface area contributed by atoms with E-state index in [4.69, 9.17) is 4.74 Å². The Hall–Kier alpha value is -3.10. The third-order valence-corrected chi connectivity index (χ3v) is 8.68. The van der Waals surface area contributed by atoms with Crippen molar-refractivity contribution in [2.45, 2.75) is 46.5 Å². The van der Waals surface area contributed by atoms with E-state index < -0.39 is 0 Å². The van der Waals surface area contributed by atoms with E-state index in [2.05, 4.69) is 20.9 Å². The van der Waals surface area contributed by atoms with Gasteiger partial charge in [-0.25, -0.2) is 9.79 Å². The fourth-order valence-electron chi connectivity index (χ4n) is 4.69. The van der Waals surface area contributed by atoms with Crippen LogP contribution in [0.3, 0.4) is 0 Å². The molecule has 0 atom stereocenters. The molecule has 0 saturated carbocycles. The van der Waals surface area contributed by atoms with Crippen LogP contribution >= 0.6 is 23.1 Å². The van der Waals surface area contributed by atoms with Gasteiger partial charge in [-0.05, 0) is 93.1 Å². The van der Waals surface area contributed by atoms with Gasteiger partial charge >= 0.3 is 5.97 Å². The number of aliphatic imine (C=N–C) groups is 1. The highest BCUT2D eigenvalue weighted by Crippen LogP contribution is 2.39. The van der Waals surface area contributed by atoms with Crippen LogP contribution in [0.5, 0.6) is 0 Å². The number of nitrogens with zero attached hydrogens (tertiary/aromatic N) is 2. The largest absolute Gasteiger partial charge is 0.465 e. The third-order valence-electron chi connectivity index (χ3n) is 6.49. The van der Waals surface area contributed by atoms with Gasteiger partial charge in [-0.1, -0.05) is 18.2 Å². The molecule has 0 bridgehead atoms. The van der Waals surface area contributed by atoms with Gasteiger partial charge in [-0.3, -0.25) is 4.79 Å². The molecule has 5 rings (SSSR count). The van der Waals surface area contributed by atoms with Gasteiger partial charge in [0.05, 0.1) is 23.3 Å². The van der Waals surface area contributed by atoms with Crippen LogP contribution in [0.15, 0.2) is 40.2 Å². The maximum absolute atomic E-state index is 12.8. The monoisotopic (exact) mass is 505 g/mol. The van der Waals surface area contributed by atoms with E-state index in [-0.39, 0.29) is 11.9 Å². The second-order valence-corrected chi connectivity index (χ2v) is 10.9. The lowest BCUT2D eigenvalue weighted by molar-refractivity contribution is -0.115. The molecule has 35 heavy (non-hydrogen) atoms. The predicted molar refractivity (Wildman–Crippen MR) is 143 cm³/mol. The van der Waals surface area contributed by atoms with Gasteiger partial charge in [0.1, 0.15) is 5.00 Å². The number of fused-ring (bicyclic) bond motifs is 1. The molecule has 2 aliphatic rings. The van der Waals surface area contributed by atoms with Gasteiger partial charge in [0.25, 0.3) is 5.91 Å². The number of para-hydroxylation sites is 1. The fourth-order valence-corrected chi connectivity index (χ4v) is 7.00. The topological polar surface area (TPSA) is 72.7 Å². The summed E-state index contributed by atoms with van der Waals surface area (Å²) in [6.07, 6.45) is 6.05. The first kappa shape index (κ1) is 23.6. The van der Waals surface area contributed by atoms with Crippen LogP contribution in [-0.2, 0) is 22.4 Å². The number of thiophene rings is 1.